The van der Waals surface area contributed by atoms with E-state index >= 15 is 0 Å². The number of hydrogen-bond acceptors (Lipinski definition) is 3. The average molecular weight is 474 g/mol. The number of benzene rings is 3. The van der Waals surface area contributed by atoms with Gasteiger partial charge in [0.05, 0.1) is 13.5 Å². The van der Waals surface area contributed by atoms with Crippen LogP contribution in [0.4, 0.5) is 4.39 Å². The standard InChI is InChI=1S/C29H28FNO4/c1-17-5-3-4-6-19(17)22-15-24(22)29(34)31-12-11-21-25(16-31)20(8-9-26(21)30)23-13-18(14-28(32)33)7-10-27(23)35-2/h3-10,13,22,24H,11-12,14-16H2,1-2H3,(H,32,33)/t22-,24+/m0/s1. The molecule has 35 heavy (non-hydrogen) atoms. The van der Waals surface area contributed by atoms with Gasteiger partial charge in [-0.25, -0.2) is 4.39 Å². The van der Waals surface area contributed by atoms with Gasteiger partial charge in [0.15, 0.2) is 0 Å². The number of fused-ring (bicyclic) bond motifs is 1. The number of hydrogen-bond donors (Lipinski definition) is 1. The number of aryl methyl sites for hydroxylation is 1. The third-order valence-electron chi connectivity index (χ3n) is 7.27. The lowest BCUT2D eigenvalue weighted by molar-refractivity contribution is -0.136. The van der Waals surface area contributed by atoms with Crippen molar-refractivity contribution < 1.29 is 23.8 Å². The lowest BCUT2D eigenvalue weighted by Gasteiger charge is -2.31. The third-order valence-corrected chi connectivity index (χ3v) is 7.27. The van der Waals surface area contributed by atoms with Gasteiger partial charge in [0.25, 0.3) is 0 Å². The lowest BCUT2D eigenvalue weighted by Crippen LogP contribution is -2.37. The van der Waals surface area contributed by atoms with Crippen LogP contribution in [0, 0.1) is 18.7 Å². The van der Waals surface area contributed by atoms with Crippen LogP contribution in [0.15, 0.2) is 54.6 Å². The largest absolute Gasteiger partial charge is 0.496 e. The Labute approximate surface area is 204 Å². The molecular formula is C29H28FNO4. The van der Waals surface area contributed by atoms with Crippen LogP contribution < -0.4 is 4.74 Å². The Kier molecular flexibility index (Phi) is 6.05. The molecule has 180 valence electrons. The molecule has 1 N–H and O–H groups in total. The van der Waals surface area contributed by atoms with Gasteiger partial charge in [-0.3, -0.25) is 9.59 Å². The SMILES string of the molecule is COc1ccc(CC(=O)O)cc1-c1ccc(F)c2c1CN(C(=O)[C@@H]1C[C@H]1c1ccccc1C)CC2. The molecule has 2 atom stereocenters. The number of rotatable bonds is 6. The van der Waals surface area contributed by atoms with Crippen molar-refractivity contribution in [3.8, 4) is 16.9 Å². The van der Waals surface area contributed by atoms with Gasteiger partial charge in [0, 0.05) is 24.6 Å². The van der Waals surface area contributed by atoms with Crippen LogP contribution in [0.5, 0.6) is 5.75 Å². The second-order valence-corrected chi connectivity index (χ2v) is 9.47. The van der Waals surface area contributed by atoms with E-state index in [-0.39, 0.29) is 30.0 Å². The third kappa shape index (κ3) is 4.41. The number of nitrogens with zero attached hydrogens (tertiary/aromatic N) is 1. The Hall–Kier alpha value is -3.67. The van der Waals surface area contributed by atoms with Crippen molar-refractivity contribution >= 4 is 11.9 Å². The molecule has 0 saturated heterocycles. The van der Waals surface area contributed by atoms with Gasteiger partial charge in [0.1, 0.15) is 11.6 Å². The quantitative estimate of drug-likeness (QED) is 0.539. The molecule has 0 radical (unpaired) electrons. The van der Waals surface area contributed by atoms with Crippen molar-refractivity contribution in [3.05, 3.63) is 88.2 Å². The molecule has 3 aromatic rings. The zero-order chi connectivity index (χ0) is 24.7. The second-order valence-electron chi connectivity index (χ2n) is 9.47. The van der Waals surface area contributed by atoms with E-state index in [1.54, 1.807) is 31.4 Å². The average Bonchev–Trinajstić information content (AvgIpc) is 3.64. The molecule has 0 bridgehead atoms. The van der Waals surface area contributed by atoms with E-state index < -0.39 is 5.97 Å². The van der Waals surface area contributed by atoms with E-state index in [0.717, 1.165) is 17.5 Å². The first kappa shape index (κ1) is 23.1. The van der Waals surface area contributed by atoms with Crippen molar-refractivity contribution in [2.24, 2.45) is 5.92 Å². The van der Waals surface area contributed by atoms with Crippen LogP contribution in [-0.4, -0.2) is 35.5 Å². The molecule has 1 aliphatic heterocycles. The monoisotopic (exact) mass is 473 g/mol. The zero-order valence-corrected chi connectivity index (χ0v) is 19.9. The van der Waals surface area contributed by atoms with Gasteiger partial charge in [0.2, 0.25) is 5.91 Å². The molecule has 5 rings (SSSR count). The molecule has 5 nitrogen and oxygen atoms in total. The Balaban J connectivity index is 1.46. The summed E-state index contributed by atoms with van der Waals surface area (Å²) in [7, 11) is 1.56. The predicted octanol–water partition coefficient (Wildman–Crippen LogP) is 5.13. The lowest BCUT2D eigenvalue weighted by atomic mass is 9.89. The topological polar surface area (TPSA) is 66.8 Å². The van der Waals surface area contributed by atoms with E-state index in [2.05, 4.69) is 19.1 Å². The van der Waals surface area contributed by atoms with E-state index in [9.17, 15) is 19.1 Å². The summed E-state index contributed by atoms with van der Waals surface area (Å²) in [5.41, 5.74) is 5.93. The number of halogens is 1. The molecule has 1 aliphatic carbocycles. The fourth-order valence-corrected chi connectivity index (χ4v) is 5.37. The summed E-state index contributed by atoms with van der Waals surface area (Å²) in [6, 6.07) is 16.6. The zero-order valence-electron chi connectivity index (χ0n) is 19.9. The van der Waals surface area contributed by atoms with Crippen LogP contribution >= 0.6 is 0 Å². The summed E-state index contributed by atoms with van der Waals surface area (Å²) < 4.78 is 20.4. The molecule has 1 heterocycles. The first-order valence-electron chi connectivity index (χ1n) is 11.9. The summed E-state index contributed by atoms with van der Waals surface area (Å²) in [6.07, 6.45) is 1.17. The first-order chi connectivity index (χ1) is 16.9. The Bertz CT molecular complexity index is 1320. The van der Waals surface area contributed by atoms with Gasteiger partial charge >= 0.3 is 5.97 Å². The van der Waals surface area contributed by atoms with Crippen LogP contribution in [0.3, 0.4) is 0 Å². The van der Waals surface area contributed by atoms with Gasteiger partial charge in [-0.15, -0.1) is 0 Å². The minimum absolute atomic E-state index is 0.0388. The maximum absolute atomic E-state index is 14.8. The van der Waals surface area contributed by atoms with Gasteiger partial charge < -0.3 is 14.7 Å². The fourth-order valence-electron chi connectivity index (χ4n) is 5.37. The van der Waals surface area contributed by atoms with Crippen molar-refractivity contribution in [1.29, 1.82) is 0 Å². The molecule has 2 aliphatic rings. The number of carboxylic acid groups (broad SMARTS) is 1. The Morgan fingerprint density at radius 1 is 1.09 bits per heavy atom. The van der Waals surface area contributed by atoms with Crippen molar-refractivity contribution in [2.45, 2.75) is 38.6 Å². The van der Waals surface area contributed by atoms with Crippen LogP contribution in [0.25, 0.3) is 11.1 Å². The molecule has 1 fully saturated rings. The summed E-state index contributed by atoms with van der Waals surface area (Å²) in [5, 5.41) is 9.23. The number of methoxy groups -OCH3 is 1. The second kappa shape index (κ2) is 9.17. The minimum atomic E-state index is -0.924. The number of aliphatic carboxylic acids is 1. The van der Waals surface area contributed by atoms with E-state index in [1.807, 2.05) is 17.0 Å². The molecule has 0 aromatic heterocycles. The Morgan fingerprint density at radius 3 is 2.63 bits per heavy atom. The predicted molar refractivity (Wildman–Crippen MR) is 131 cm³/mol. The normalized spacial score (nSPS) is 18.7. The number of carbonyl (C=O) groups is 2. The molecule has 0 spiro atoms. The number of ether oxygens (including phenoxy) is 1. The summed E-state index contributed by atoms with van der Waals surface area (Å²) in [5.74, 6) is -0.302. The molecular weight excluding hydrogens is 445 g/mol. The van der Waals surface area contributed by atoms with Crippen LogP contribution in [-0.2, 0) is 29.0 Å². The fraction of sp³-hybridized carbons (Fsp3) is 0.310. The minimum Gasteiger partial charge on any atom is -0.496 e. The number of carbonyl (C=O) groups excluding carboxylic acids is 1. The molecule has 0 unspecified atom stereocenters. The van der Waals surface area contributed by atoms with Gasteiger partial charge in [-0.1, -0.05) is 36.4 Å². The van der Waals surface area contributed by atoms with Gasteiger partial charge in [-0.2, -0.15) is 0 Å². The van der Waals surface area contributed by atoms with E-state index in [4.69, 9.17) is 4.74 Å². The Morgan fingerprint density at radius 2 is 1.89 bits per heavy atom. The summed E-state index contributed by atoms with van der Waals surface area (Å²) in [4.78, 5) is 26.5. The van der Waals surface area contributed by atoms with Gasteiger partial charge in [-0.05, 0) is 77.3 Å². The summed E-state index contributed by atoms with van der Waals surface area (Å²) in [6.45, 7) is 2.89. The first-order valence-corrected chi connectivity index (χ1v) is 11.9. The highest BCUT2D eigenvalue weighted by atomic mass is 19.1. The number of amides is 1. The van der Waals surface area contributed by atoms with Crippen molar-refractivity contribution in [1.82, 2.24) is 4.90 Å². The highest BCUT2D eigenvalue weighted by molar-refractivity contribution is 5.84. The van der Waals surface area contributed by atoms with E-state index in [0.29, 0.717) is 42.0 Å². The highest BCUT2D eigenvalue weighted by Gasteiger charge is 2.46. The molecule has 6 heteroatoms. The highest BCUT2D eigenvalue weighted by Crippen LogP contribution is 2.50. The van der Waals surface area contributed by atoms with Crippen molar-refractivity contribution in [3.63, 3.8) is 0 Å². The molecule has 1 amide bonds. The van der Waals surface area contributed by atoms with Crippen molar-refractivity contribution in [2.75, 3.05) is 13.7 Å². The maximum atomic E-state index is 14.8. The maximum Gasteiger partial charge on any atom is 0.307 e. The van der Waals surface area contributed by atoms with Crippen LogP contribution in [0.2, 0.25) is 0 Å². The summed E-state index contributed by atoms with van der Waals surface area (Å²) >= 11 is 0. The molecule has 3 aromatic carbocycles. The number of carboxylic acids is 1. The molecule has 1 saturated carbocycles. The van der Waals surface area contributed by atoms with Crippen LogP contribution in [0.1, 0.15) is 40.2 Å². The smallest absolute Gasteiger partial charge is 0.307 e. The van der Waals surface area contributed by atoms with E-state index in [1.165, 1.54) is 17.2 Å².